The number of rotatable bonds is 4. The number of nitrogens with one attached hydrogen (secondary N) is 1. The third kappa shape index (κ3) is 2.76. The van der Waals surface area contributed by atoms with Gasteiger partial charge in [0.05, 0.1) is 25.5 Å². The largest absolute Gasteiger partial charge is 0.497 e. The van der Waals surface area contributed by atoms with E-state index in [2.05, 4.69) is 5.32 Å². The van der Waals surface area contributed by atoms with Crippen molar-refractivity contribution in [2.75, 3.05) is 19.5 Å². The lowest BCUT2D eigenvalue weighted by molar-refractivity contribution is 0.102. The number of amides is 1. The predicted octanol–water partition coefficient (Wildman–Crippen LogP) is 5.91. The fourth-order valence-electron chi connectivity index (χ4n) is 3.81. The van der Waals surface area contributed by atoms with Gasteiger partial charge in [-0.2, -0.15) is 0 Å². The van der Waals surface area contributed by atoms with E-state index < -0.39 is 0 Å². The van der Waals surface area contributed by atoms with Crippen molar-refractivity contribution in [2.45, 2.75) is 6.92 Å². The Morgan fingerprint density at radius 3 is 2.43 bits per heavy atom. The Morgan fingerprint density at radius 1 is 0.833 bits per heavy atom. The van der Waals surface area contributed by atoms with Crippen molar-refractivity contribution in [1.29, 1.82) is 0 Å². The lowest BCUT2D eigenvalue weighted by Crippen LogP contribution is -2.13. The van der Waals surface area contributed by atoms with E-state index in [1.54, 1.807) is 45.4 Å². The second kappa shape index (κ2) is 6.84. The number of aryl methyl sites for hydroxylation is 1. The minimum absolute atomic E-state index is 0.298. The molecule has 2 aromatic heterocycles. The Bertz CT molecular complexity index is 1430. The SMILES string of the molecule is COc1ccc2oc(C)c(C(=O)Nc3cc4oc5ccccc5c4cc3OC)c2c1. The van der Waals surface area contributed by atoms with Crippen LogP contribution in [-0.2, 0) is 0 Å². The summed E-state index contributed by atoms with van der Waals surface area (Å²) in [5.74, 6) is 1.43. The van der Waals surface area contributed by atoms with Crippen molar-refractivity contribution in [1.82, 2.24) is 0 Å². The van der Waals surface area contributed by atoms with Gasteiger partial charge in [-0.05, 0) is 37.3 Å². The van der Waals surface area contributed by atoms with E-state index in [0.717, 1.165) is 16.4 Å². The van der Waals surface area contributed by atoms with Crippen LogP contribution >= 0.6 is 0 Å². The topological polar surface area (TPSA) is 73.8 Å². The Balaban J connectivity index is 1.60. The second-order valence-corrected chi connectivity index (χ2v) is 7.00. The molecule has 3 aromatic carbocycles. The van der Waals surface area contributed by atoms with Gasteiger partial charge in [0.25, 0.3) is 5.91 Å². The summed E-state index contributed by atoms with van der Waals surface area (Å²) in [4.78, 5) is 13.2. The molecule has 0 bridgehead atoms. The summed E-state index contributed by atoms with van der Waals surface area (Å²) in [6.07, 6.45) is 0. The molecule has 1 amide bonds. The molecule has 5 rings (SSSR count). The molecular formula is C24H19NO5. The number of benzene rings is 3. The maximum atomic E-state index is 13.2. The highest BCUT2D eigenvalue weighted by atomic mass is 16.5. The van der Waals surface area contributed by atoms with Gasteiger partial charge >= 0.3 is 0 Å². The Morgan fingerprint density at radius 2 is 1.63 bits per heavy atom. The fraction of sp³-hybridized carbons (Fsp3) is 0.125. The molecule has 0 atom stereocenters. The number of methoxy groups -OCH3 is 2. The van der Waals surface area contributed by atoms with E-state index in [1.165, 1.54) is 0 Å². The summed E-state index contributed by atoms with van der Waals surface area (Å²) < 4.78 is 22.5. The third-order valence-corrected chi connectivity index (χ3v) is 5.25. The van der Waals surface area contributed by atoms with E-state index >= 15 is 0 Å². The van der Waals surface area contributed by atoms with Gasteiger partial charge in [0.15, 0.2) is 0 Å². The van der Waals surface area contributed by atoms with Crippen molar-refractivity contribution in [2.24, 2.45) is 0 Å². The van der Waals surface area contributed by atoms with E-state index in [0.29, 0.717) is 45.1 Å². The molecule has 5 aromatic rings. The number of furan rings is 2. The number of para-hydroxylation sites is 1. The number of anilines is 1. The lowest BCUT2D eigenvalue weighted by Gasteiger charge is -2.10. The number of hydrogen-bond donors (Lipinski definition) is 1. The number of fused-ring (bicyclic) bond motifs is 4. The van der Waals surface area contributed by atoms with Crippen LogP contribution in [0.4, 0.5) is 5.69 Å². The molecule has 0 saturated heterocycles. The summed E-state index contributed by atoms with van der Waals surface area (Å²) in [6, 6.07) is 16.8. The van der Waals surface area contributed by atoms with Crippen molar-refractivity contribution in [3.05, 3.63) is 65.9 Å². The quantitative estimate of drug-likeness (QED) is 0.405. The first kappa shape index (κ1) is 18.1. The molecule has 0 unspecified atom stereocenters. The maximum absolute atomic E-state index is 13.2. The van der Waals surface area contributed by atoms with Crippen LogP contribution in [-0.4, -0.2) is 20.1 Å². The smallest absolute Gasteiger partial charge is 0.259 e. The van der Waals surface area contributed by atoms with Crippen LogP contribution < -0.4 is 14.8 Å². The molecule has 6 heteroatoms. The van der Waals surface area contributed by atoms with Crippen LogP contribution in [0, 0.1) is 6.92 Å². The molecule has 0 aliphatic rings. The van der Waals surface area contributed by atoms with E-state index in [-0.39, 0.29) is 5.91 Å². The zero-order chi connectivity index (χ0) is 20.8. The van der Waals surface area contributed by atoms with Crippen molar-refractivity contribution in [3.8, 4) is 11.5 Å². The molecule has 150 valence electrons. The van der Waals surface area contributed by atoms with Gasteiger partial charge in [-0.1, -0.05) is 18.2 Å². The van der Waals surface area contributed by atoms with Crippen LogP contribution in [0.5, 0.6) is 11.5 Å². The fourth-order valence-corrected chi connectivity index (χ4v) is 3.81. The number of carbonyl (C=O) groups is 1. The Labute approximate surface area is 172 Å². The molecule has 30 heavy (non-hydrogen) atoms. The Hall–Kier alpha value is -3.93. The minimum atomic E-state index is -0.298. The lowest BCUT2D eigenvalue weighted by atomic mass is 10.1. The molecule has 0 spiro atoms. The van der Waals surface area contributed by atoms with Gasteiger partial charge < -0.3 is 23.6 Å². The van der Waals surface area contributed by atoms with Crippen LogP contribution in [0.15, 0.2) is 63.4 Å². The van der Waals surface area contributed by atoms with Gasteiger partial charge in [0, 0.05) is 22.2 Å². The summed E-state index contributed by atoms with van der Waals surface area (Å²) in [6.45, 7) is 1.76. The highest BCUT2D eigenvalue weighted by Gasteiger charge is 2.21. The monoisotopic (exact) mass is 401 g/mol. The molecule has 1 N–H and O–H groups in total. The number of carbonyl (C=O) groups excluding carboxylic acids is 1. The second-order valence-electron chi connectivity index (χ2n) is 7.00. The maximum Gasteiger partial charge on any atom is 0.259 e. The van der Waals surface area contributed by atoms with Crippen molar-refractivity contribution >= 4 is 44.5 Å². The average Bonchev–Trinajstić information content (AvgIpc) is 3.28. The highest BCUT2D eigenvalue weighted by Crippen LogP contribution is 2.37. The summed E-state index contributed by atoms with van der Waals surface area (Å²) >= 11 is 0. The predicted molar refractivity (Wildman–Crippen MR) is 116 cm³/mol. The van der Waals surface area contributed by atoms with Crippen LogP contribution in [0.1, 0.15) is 16.1 Å². The average molecular weight is 401 g/mol. The highest BCUT2D eigenvalue weighted by molar-refractivity contribution is 6.15. The first-order valence-electron chi connectivity index (χ1n) is 9.47. The number of ether oxygens (including phenoxy) is 2. The van der Waals surface area contributed by atoms with Gasteiger partial charge in [-0.25, -0.2) is 0 Å². The molecule has 6 nitrogen and oxygen atoms in total. The third-order valence-electron chi connectivity index (χ3n) is 5.25. The molecule has 0 aliphatic heterocycles. The molecule has 0 saturated carbocycles. The normalized spacial score (nSPS) is 11.3. The van der Waals surface area contributed by atoms with E-state index in [9.17, 15) is 4.79 Å². The molecular weight excluding hydrogens is 382 g/mol. The summed E-state index contributed by atoms with van der Waals surface area (Å²) in [7, 11) is 3.16. The standard InChI is InChI=1S/C24H19NO5/c1-13-23(17-10-14(27-2)8-9-20(17)29-13)24(26)25-18-12-21-16(11-22(18)28-3)15-6-4-5-7-19(15)30-21/h4-12H,1-3H3,(H,25,26). The van der Waals surface area contributed by atoms with E-state index in [4.69, 9.17) is 18.3 Å². The first-order chi connectivity index (χ1) is 14.6. The zero-order valence-corrected chi connectivity index (χ0v) is 16.7. The zero-order valence-electron chi connectivity index (χ0n) is 16.7. The molecule has 0 aliphatic carbocycles. The van der Waals surface area contributed by atoms with Gasteiger partial charge in [0.2, 0.25) is 0 Å². The van der Waals surface area contributed by atoms with Crippen LogP contribution in [0.25, 0.3) is 32.9 Å². The summed E-state index contributed by atoms with van der Waals surface area (Å²) in [5.41, 5.74) is 3.05. The number of hydrogen-bond acceptors (Lipinski definition) is 5. The van der Waals surface area contributed by atoms with Gasteiger partial charge in [-0.3, -0.25) is 4.79 Å². The molecule has 2 heterocycles. The van der Waals surface area contributed by atoms with Gasteiger partial charge in [0.1, 0.15) is 34.0 Å². The summed E-state index contributed by atoms with van der Waals surface area (Å²) in [5, 5.41) is 5.55. The van der Waals surface area contributed by atoms with Crippen molar-refractivity contribution < 1.29 is 23.1 Å². The first-order valence-corrected chi connectivity index (χ1v) is 9.47. The Kier molecular flexibility index (Phi) is 4.13. The van der Waals surface area contributed by atoms with Gasteiger partial charge in [-0.15, -0.1) is 0 Å². The molecule has 0 fully saturated rings. The minimum Gasteiger partial charge on any atom is -0.497 e. The van der Waals surface area contributed by atoms with E-state index in [1.807, 2.05) is 30.3 Å². The molecule has 0 radical (unpaired) electrons. The van der Waals surface area contributed by atoms with Crippen molar-refractivity contribution in [3.63, 3.8) is 0 Å². The van der Waals surface area contributed by atoms with Crippen LogP contribution in [0.3, 0.4) is 0 Å². The van der Waals surface area contributed by atoms with Crippen LogP contribution in [0.2, 0.25) is 0 Å².